The highest BCUT2D eigenvalue weighted by molar-refractivity contribution is 7.21. The molecular weight excluding hydrogens is 486 g/mol. The summed E-state index contributed by atoms with van der Waals surface area (Å²) < 4.78 is 33.7. The zero-order valence-corrected chi connectivity index (χ0v) is 19.1. The van der Waals surface area contributed by atoms with Crippen molar-refractivity contribution in [1.29, 1.82) is 0 Å². The van der Waals surface area contributed by atoms with Gasteiger partial charge in [0.2, 0.25) is 5.91 Å². The number of anilines is 1. The number of thiophene rings is 1. The van der Waals surface area contributed by atoms with Gasteiger partial charge in [0, 0.05) is 10.9 Å². The van der Waals surface area contributed by atoms with Crippen LogP contribution < -0.4 is 11.1 Å². The van der Waals surface area contributed by atoms with Crippen LogP contribution in [0.3, 0.4) is 0 Å². The topological polar surface area (TPSA) is 159 Å². The number of primary amides is 1. The minimum Gasteiger partial charge on any atom is -0.464 e. The van der Waals surface area contributed by atoms with Gasteiger partial charge in [0.15, 0.2) is 0 Å². The van der Waals surface area contributed by atoms with Crippen molar-refractivity contribution in [1.82, 2.24) is 14.8 Å². The lowest BCUT2D eigenvalue weighted by atomic mass is 10.1. The Morgan fingerprint density at radius 1 is 1.37 bits per heavy atom. The number of alkyl halides is 2. The molecular formula is C21H18F2N6O5S. The van der Waals surface area contributed by atoms with E-state index in [4.69, 9.17) is 10.2 Å². The fourth-order valence-electron chi connectivity index (χ4n) is 3.50. The highest BCUT2D eigenvalue weighted by Gasteiger charge is 2.27. The second-order valence-electron chi connectivity index (χ2n) is 7.70. The van der Waals surface area contributed by atoms with Gasteiger partial charge in [-0.2, -0.15) is 4.68 Å². The predicted molar refractivity (Wildman–Crippen MR) is 122 cm³/mol. The minimum atomic E-state index is -2.88. The first-order chi connectivity index (χ1) is 16.6. The minimum absolute atomic E-state index is 0.0122. The maximum atomic E-state index is 13.5. The van der Waals surface area contributed by atoms with Crippen LogP contribution in [-0.2, 0) is 11.3 Å². The van der Waals surface area contributed by atoms with Crippen molar-refractivity contribution < 1.29 is 27.7 Å². The van der Waals surface area contributed by atoms with Crippen LogP contribution in [0.2, 0.25) is 0 Å². The SMILES string of the molecule is Cc1cc([N+](=O)[O-])nn1CC(C)C(=O)Nc1c(C(N)=O)sc2nc(C(F)F)cc(-c3ccco3)c12. The highest BCUT2D eigenvalue weighted by atomic mass is 32.1. The lowest BCUT2D eigenvalue weighted by molar-refractivity contribution is -0.389. The zero-order chi connectivity index (χ0) is 25.4. The molecule has 1 atom stereocenters. The Labute approximate surface area is 199 Å². The van der Waals surface area contributed by atoms with Crippen molar-refractivity contribution in [2.75, 3.05) is 5.32 Å². The zero-order valence-electron chi connectivity index (χ0n) is 18.3. The van der Waals surface area contributed by atoms with Crippen LogP contribution in [-0.4, -0.2) is 31.5 Å². The van der Waals surface area contributed by atoms with E-state index in [0.29, 0.717) is 5.69 Å². The Bertz CT molecular complexity index is 1450. The van der Waals surface area contributed by atoms with Gasteiger partial charge < -0.3 is 25.6 Å². The number of amides is 2. The van der Waals surface area contributed by atoms with Gasteiger partial charge >= 0.3 is 5.82 Å². The molecule has 2 amide bonds. The van der Waals surface area contributed by atoms with Crippen LogP contribution in [0.5, 0.6) is 0 Å². The molecule has 4 rings (SSSR count). The number of halogens is 2. The van der Waals surface area contributed by atoms with E-state index >= 15 is 0 Å². The number of rotatable bonds is 8. The molecule has 0 aromatic carbocycles. The van der Waals surface area contributed by atoms with Crippen molar-refractivity contribution in [2.24, 2.45) is 11.7 Å². The largest absolute Gasteiger partial charge is 0.464 e. The van der Waals surface area contributed by atoms with Crippen molar-refractivity contribution in [3.8, 4) is 11.3 Å². The molecule has 0 saturated heterocycles. The van der Waals surface area contributed by atoms with Gasteiger partial charge in [-0.05, 0) is 30.0 Å². The molecule has 4 aromatic heterocycles. The van der Waals surface area contributed by atoms with E-state index in [0.717, 1.165) is 17.4 Å². The Morgan fingerprint density at radius 2 is 2.11 bits per heavy atom. The fraction of sp³-hybridized carbons (Fsp3) is 0.238. The highest BCUT2D eigenvalue weighted by Crippen LogP contribution is 2.42. The summed E-state index contributed by atoms with van der Waals surface area (Å²) in [6.07, 6.45) is -1.52. The Balaban J connectivity index is 1.75. The van der Waals surface area contributed by atoms with Gasteiger partial charge in [-0.3, -0.25) is 9.59 Å². The number of fused-ring (bicyclic) bond motifs is 1. The van der Waals surface area contributed by atoms with Crippen molar-refractivity contribution >= 4 is 44.9 Å². The molecule has 4 aromatic rings. The lowest BCUT2D eigenvalue weighted by Gasteiger charge is -2.13. The van der Waals surface area contributed by atoms with Crippen LogP contribution in [0.1, 0.15) is 34.4 Å². The predicted octanol–water partition coefficient (Wildman–Crippen LogP) is 4.28. The van der Waals surface area contributed by atoms with E-state index in [1.54, 1.807) is 26.0 Å². The van der Waals surface area contributed by atoms with Crippen LogP contribution >= 0.6 is 11.3 Å². The number of nitrogens with zero attached hydrogens (tertiary/aromatic N) is 4. The molecule has 11 nitrogen and oxygen atoms in total. The standard InChI is InChI=1S/C21H18F2N6O5S/c1-9(8-28-10(2)6-14(27-28)29(32)33)20(31)26-16-15-11(13-4-3-5-34-13)7-12(18(22)23)25-21(15)35-17(16)19(24)30/h3-7,9,18H,8H2,1-2H3,(H2,24,30)(H,26,31). The van der Waals surface area contributed by atoms with Gasteiger partial charge in [0.05, 0.1) is 41.3 Å². The third-order valence-electron chi connectivity index (χ3n) is 5.21. The van der Waals surface area contributed by atoms with E-state index in [1.807, 2.05) is 0 Å². The quantitative estimate of drug-likeness (QED) is 0.267. The number of furan rings is 1. The van der Waals surface area contributed by atoms with Crippen LogP contribution in [0.15, 0.2) is 34.9 Å². The summed E-state index contributed by atoms with van der Waals surface area (Å²) in [5.74, 6) is -2.29. The number of hydrogen-bond donors (Lipinski definition) is 2. The number of pyridine rings is 1. The summed E-state index contributed by atoms with van der Waals surface area (Å²) in [4.78, 5) is 39.5. The summed E-state index contributed by atoms with van der Waals surface area (Å²) in [7, 11) is 0. The lowest BCUT2D eigenvalue weighted by Crippen LogP contribution is -2.26. The molecule has 0 aliphatic heterocycles. The molecule has 0 bridgehead atoms. The Morgan fingerprint density at radius 3 is 2.69 bits per heavy atom. The summed E-state index contributed by atoms with van der Waals surface area (Å²) in [6.45, 7) is 3.20. The van der Waals surface area contributed by atoms with Gasteiger partial charge in [0.1, 0.15) is 21.2 Å². The average molecular weight is 504 g/mol. The summed E-state index contributed by atoms with van der Waals surface area (Å²) in [6, 6.07) is 5.53. The molecule has 0 spiro atoms. The normalized spacial score (nSPS) is 12.3. The molecule has 3 N–H and O–H groups in total. The van der Waals surface area contributed by atoms with E-state index in [9.17, 15) is 28.5 Å². The second kappa shape index (κ2) is 9.21. The van der Waals surface area contributed by atoms with E-state index in [1.165, 1.54) is 17.0 Å². The van der Waals surface area contributed by atoms with Gasteiger partial charge in [-0.1, -0.05) is 6.92 Å². The first-order valence-corrected chi connectivity index (χ1v) is 11.0. The van der Waals surface area contributed by atoms with Crippen LogP contribution in [0.4, 0.5) is 20.3 Å². The number of nitrogens with two attached hydrogens (primary N) is 1. The smallest absolute Gasteiger partial charge is 0.390 e. The van der Waals surface area contributed by atoms with Gasteiger partial charge in [-0.25, -0.2) is 13.8 Å². The first-order valence-electron chi connectivity index (χ1n) is 10.2. The summed E-state index contributed by atoms with van der Waals surface area (Å²) >= 11 is 0.774. The van der Waals surface area contributed by atoms with Crippen LogP contribution in [0.25, 0.3) is 21.5 Å². The summed E-state index contributed by atoms with van der Waals surface area (Å²) in [5.41, 5.74) is 5.71. The van der Waals surface area contributed by atoms with Crippen molar-refractivity contribution in [2.45, 2.75) is 26.8 Å². The third kappa shape index (κ3) is 4.59. The summed E-state index contributed by atoms with van der Waals surface area (Å²) in [5, 5.41) is 17.7. The van der Waals surface area contributed by atoms with E-state index in [2.05, 4.69) is 15.4 Å². The molecule has 4 heterocycles. The maximum absolute atomic E-state index is 13.5. The third-order valence-corrected chi connectivity index (χ3v) is 6.31. The molecule has 35 heavy (non-hydrogen) atoms. The Kier molecular flexibility index (Phi) is 6.30. The number of nitrogens with one attached hydrogen (secondary N) is 1. The van der Waals surface area contributed by atoms with E-state index < -0.39 is 34.8 Å². The Hall–Kier alpha value is -4.20. The number of aryl methyl sites for hydroxylation is 1. The second-order valence-corrected chi connectivity index (χ2v) is 8.70. The van der Waals surface area contributed by atoms with Gasteiger partial charge in [0.25, 0.3) is 12.3 Å². The fourth-order valence-corrected chi connectivity index (χ4v) is 4.52. The maximum Gasteiger partial charge on any atom is 0.390 e. The number of carbonyl (C=O) groups excluding carboxylic acids is 2. The number of hydrogen-bond acceptors (Lipinski definition) is 8. The number of aromatic nitrogens is 3. The number of carbonyl (C=O) groups is 2. The van der Waals surface area contributed by atoms with Gasteiger partial charge in [-0.15, -0.1) is 11.3 Å². The first kappa shape index (κ1) is 23.9. The van der Waals surface area contributed by atoms with E-state index in [-0.39, 0.29) is 44.5 Å². The molecule has 0 saturated carbocycles. The molecule has 14 heteroatoms. The molecule has 0 aliphatic carbocycles. The molecule has 0 radical (unpaired) electrons. The van der Waals surface area contributed by atoms with Crippen LogP contribution in [0, 0.1) is 23.0 Å². The number of nitro groups is 1. The molecule has 182 valence electrons. The molecule has 0 fully saturated rings. The molecule has 0 aliphatic rings. The van der Waals surface area contributed by atoms with Crippen molar-refractivity contribution in [3.63, 3.8) is 0 Å². The average Bonchev–Trinajstić information content (AvgIpc) is 3.53. The molecule has 1 unspecified atom stereocenters. The monoisotopic (exact) mass is 504 g/mol. The van der Waals surface area contributed by atoms with Crippen molar-refractivity contribution in [3.05, 3.63) is 56.9 Å².